The number of rotatable bonds is 6. The molecule has 2 N–H and O–H groups in total. The van der Waals surface area contributed by atoms with Crippen LogP contribution in [-0.4, -0.2) is 54.9 Å². The molecule has 21 heavy (non-hydrogen) atoms. The summed E-state index contributed by atoms with van der Waals surface area (Å²) in [6.07, 6.45) is -0.690. The maximum absolute atomic E-state index is 11.3. The van der Waals surface area contributed by atoms with Gasteiger partial charge < -0.3 is 20.1 Å². The number of benzene rings is 1. The number of nitro groups is 1. The van der Waals surface area contributed by atoms with Crippen LogP contribution in [0, 0.1) is 10.1 Å². The van der Waals surface area contributed by atoms with Crippen LogP contribution in [0.15, 0.2) is 18.2 Å². The Morgan fingerprint density at radius 1 is 1.48 bits per heavy atom. The summed E-state index contributed by atoms with van der Waals surface area (Å²) in [5.74, 6) is 0.112. The van der Waals surface area contributed by atoms with E-state index in [1.807, 2.05) is 4.90 Å². The van der Waals surface area contributed by atoms with Crippen molar-refractivity contribution >= 4 is 28.7 Å². The molecule has 0 saturated carbocycles. The van der Waals surface area contributed by atoms with E-state index in [-0.39, 0.29) is 18.1 Å². The third-order valence-corrected chi connectivity index (χ3v) is 3.60. The molecule has 0 amide bonds. The zero-order valence-corrected chi connectivity index (χ0v) is 12.3. The molecule has 0 radical (unpaired) electrons. The van der Waals surface area contributed by atoms with Crippen LogP contribution in [0.5, 0.6) is 0 Å². The van der Waals surface area contributed by atoms with E-state index < -0.39 is 11.0 Å². The van der Waals surface area contributed by atoms with Crippen LogP contribution in [0.4, 0.5) is 17.1 Å². The lowest BCUT2D eigenvalue weighted by Crippen LogP contribution is -2.36. The van der Waals surface area contributed by atoms with Gasteiger partial charge in [-0.05, 0) is 12.1 Å². The lowest BCUT2D eigenvalue weighted by atomic mass is 10.2. The number of halogens is 1. The van der Waals surface area contributed by atoms with Crippen molar-refractivity contribution in [3.8, 4) is 0 Å². The molecule has 1 aliphatic heterocycles. The van der Waals surface area contributed by atoms with Crippen LogP contribution in [0.3, 0.4) is 0 Å². The van der Waals surface area contributed by atoms with Crippen molar-refractivity contribution < 1.29 is 14.8 Å². The summed E-state index contributed by atoms with van der Waals surface area (Å²) in [6.45, 7) is 2.66. The number of nitro benzene ring substituents is 1. The molecule has 1 saturated heterocycles. The number of hydrogen-bond donors (Lipinski definition) is 2. The average Bonchev–Trinajstić information content (AvgIpc) is 2.53. The maximum atomic E-state index is 11.3. The number of aliphatic hydroxyl groups is 1. The predicted molar refractivity (Wildman–Crippen MR) is 81.3 cm³/mol. The van der Waals surface area contributed by atoms with Crippen molar-refractivity contribution in [1.29, 1.82) is 0 Å². The highest BCUT2D eigenvalue weighted by molar-refractivity contribution is 6.18. The molecule has 1 aliphatic rings. The van der Waals surface area contributed by atoms with Gasteiger partial charge in [0.1, 0.15) is 5.69 Å². The minimum absolute atomic E-state index is 0.0438. The van der Waals surface area contributed by atoms with E-state index in [9.17, 15) is 15.2 Å². The number of nitrogens with one attached hydrogen (secondary N) is 1. The first-order valence-electron chi connectivity index (χ1n) is 6.71. The zero-order chi connectivity index (χ0) is 15.2. The zero-order valence-electron chi connectivity index (χ0n) is 11.5. The summed E-state index contributed by atoms with van der Waals surface area (Å²) in [6, 6.07) is 4.96. The van der Waals surface area contributed by atoms with Crippen molar-refractivity contribution in [2.45, 2.75) is 6.10 Å². The van der Waals surface area contributed by atoms with E-state index >= 15 is 0 Å². The van der Waals surface area contributed by atoms with Gasteiger partial charge in [-0.15, -0.1) is 11.6 Å². The smallest absolute Gasteiger partial charge is 0.294 e. The molecule has 1 fully saturated rings. The van der Waals surface area contributed by atoms with E-state index in [1.54, 1.807) is 12.1 Å². The molecule has 0 aliphatic carbocycles. The fourth-order valence-corrected chi connectivity index (χ4v) is 2.25. The Morgan fingerprint density at radius 3 is 2.81 bits per heavy atom. The summed E-state index contributed by atoms with van der Waals surface area (Å²) < 4.78 is 5.26. The number of morpholine rings is 1. The van der Waals surface area contributed by atoms with Crippen molar-refractivity contribution in [2.75, 3.05) is 48.9 Å². The lowest BCUT2D eigenvalue weighted by molar-refractivity contribution is -0.384. The van der Waals surface area contributed by atoms with E-state index in [0.717, 1.165) is 0 Å². The molecular formula is C13H18ClN3O4. The van der Waals surface area contributed by atoms with Gasteiger partial charge in [0.05, 0.1) is 30.1 Å². The first-order valence-corrected chi connectivity index (χ1v) is 7.24. The molecular weight excluding hydrogens is 298 g/mol. The fourth-order valence-electron chi connectivity index (χ4n) is 2.14. The van der Waals surface area contributed by atoms with Gasteiger partial charge in [-0.25, -0.2) is 0 Å². The van der Waals surface area contributed by atoms with Crippen molar-refractivity contribution in [3.63, 3.8) is 0 Å². The molecule has 0 spiro atoms. The maximum Gasteiger partial charge on any atom is 0.294 e. The van der Waals surface area contributed by atoms with E-state index in [0.29, 0.717) is 37.7 Å². The first kappa shape index (κ1) is 15.8. The molecule has 1 aromatic carbocycles. The second-order valence-electron chi connectivity index (χ2n) is 4.75. The quantitative estimate of drug-likeness (QED) is 0.469. The van der Waals surface area contributed by atoms with Crippen LogP contribution in [-0.2, 0) is 4.74 Å². The second-order valence-corrected chi connectivity index (χ2v) is 5.06. The van der Waals surface area contributed by atoms with Gasteiger partial charge in [-0.1, -0.05) is 0 Å². The molecule has 116 valence electrons. The van der Waals surface area contributed by atoms with Gasteiger partial charge >= 0.3 is 0 Å². The van der Waals surface area contributed by atoms with E-state index in [1.165, 1.54) is 6.07 Å². The highest BCUT2D eigenvalue weighted by Crippen LogP contribution is 2.31. The third-order valence-electron chi connectivity index (χ3n) is 3.24. The molecule has 0 aromatic heterocycles. The Kier molecular flexibility index (Phi) is 5.60. The molecule has 7 nitrogen and oxygen atoms in total. The summed E-state index contributed by atoms with van der Waals surface area (Å²) in [5, 5.41) is 23.6. The van der Waals surface area contributed by atoms with E-state index in [2.05, 4.69) is 5.32 Å². The van der Waals surface area contributed by atoms with E-state index in [4.69, 9.17) is 16.3 Å². The third kappa shape index (κ3) is 4.20. The lowest BCUT2D eigenvalue weighted by Gasteiger charge is -2.28. The summed E-state index contributed by atoms with van der Waals surface area (Å²) in [5.41, 5.74) is 1.22. The number of nitrogens with zero attached hydrogens (tertiary/aromatic N) is 2. The van der Waals surface area contributed by atoms with Crippen LogP contribution in [0.25, 0.3) is 0 Å². The number of hydrogen-bond acceptors (Lipinski definition) is 6. The standard InChI is InChI=1S/C13H18ClN3O4/c14-8-11(18)9-15-10-1-2-12(13(7-10)17(19)20)16-3-5-21-6-4-16/h1-2,7,11,15,18H,3-6,8-9H2. The number of anilines is 2. The van der Waals surface area contributed by atoms with Gasteiger partial charge in [0.2, 0.25) is 0 Å². The highest BCUT2D eigenvalue weighted by Gasteiger charge is 2.21. The first-order chi connectivity index (χ1) is 10.1. The predicted octanol–water partition coefficient (Wildman–Crippen LogP) is 1.44. The molecule has 1 unspecified atom stereocenters. The Labute approximate surface area is 127 Å². The number of alkyl halides is 1. The number of aliphatic hydroxyl groups excluding tert-OH is 1. The summed E-state index contributed by atoms with van der Waals surface area (Å²) >= 11 is 5.51. The van der Waals surface area contributed by atoms with Gasteiger partial charge in [0.15, 0.2) is 0 Å². The summed E-state index contributed by atoms with van der Waals surface area (Å²) in [7, 11) is 0. The van der Waals surface area contributed by atoms with Crippen molar-refractivity contribution in [2.24, 2.45) is 0 Å². The molecule has 1 aromatic rings. The second kappa shape index (κ2) is 7.44. The van der Waals surface area contributed by atoms with Crippen molar-refractivity contribution in [3.05, 3.63) is 28.3 Å². The van der Waals surface area contributed by atoms with Crippen LogP contribution < -0.4 is 10.2 Å². The van der Waals surface area contributed by atoms with Gasteiger partial charge in [0, 0.05) is 31.4 Å². The minimum atomic E-state index is -0.690. The van der Waals surface area contributed by atoms with Gasteiger partial charge in [-0.3, -0.25) is 10.1 Å². The van der Waals surface area contributed by atoms with Crippen molar-refractivity contribution in [1.82, 2.24) is 0 Å². The Hall–Kier alpha value is -1.57. The SMILES string of the molecule is O=[N+]([O-])c1cc(NCC(O)CCl)ccc1N1CCOCC1. The van der Waals surface area contributed by atoms with Gasteiger partial charge in [-0.2, -0.15) is 0 Å². The largest absolute Gasteiger partial charge is 0.390 e. The molecule has 0 bridgehead atoms. The van der Waals surface area contributed by atoms with Gasteiger partial charge in [0.25, 0.3) is 5.69 Å². The summed E-state index contributed by atoms with van der Waals surface area (Å²) in [4.78, 5) is 12.8. The Bertz CT molecular complexity index is 494. The molecule has 1 heterocycles. The normalized spacial score (nSPS) is 16.6. The molecule has 2 rings (SSSR count). The Balaban J connectivity index is 2.16. The minimum Gasteiger partial charge on any atom is -0.390 e. The monoisotopic (exact) mass is 315 g/mol. The number of ether oxygens (including phenoxy) is 1. The average molecular weight is 316 g/mol. The van der Waals surface area contributed by atoms with Crippen LogP contribution >= 0.6 is 11.6 Å². The fraction of sp³-hybridized carbons (Fsp3) is 0.538. The Morgan fingerprint density at radius 2 is 2.19 bits per heavy atom. The van der Waals surface area contributed by atoms with Crippen LogP contribution in [0.1, 0.15) is 0 Å². The molecule has 8 heteroatoms. The molecule has 1 atom stereocenters. The topological polar surface area (TPSA) is 87.9 Å². The van der Waals surface area contributed by atoms with Crippen LogP contribution in [0.2, 0.25) is 0 Å². The highest BCUT2D eigenvalue weighted by atomic mass is 35.5.